The van der Waals surface area contributed by atoms with Gasteiger partial charge in [0, 0.05) is 22.0 Å². The van der Waals surface area contributed by atoms with Gasteiger partial charge in [-0.25, -0.2) is 4.79 Å². The Labute approximate surface area is 180 Å². The first-order valence-electron chi connectivity index (χ1n) is 9.81. The van der Waals surface area contributed by atoms with Gasteiger partial charge in [-0.2, -0.15) is 0 Å². The molecule has 0 bridgehead atoms. The van der Waals surface area contributed by atoms with Crippen molar-refractivity contribution in [3.8, 4) is 0 Å². The predicted molar refractivity (Wildman–Crippen MR) is 114 cm³/mol. The monoisotopic (exact) mass is 431 g/mol. The predicted octanol–water partition coefficient (Wildman–Crippen LogP) is 5.49. The van der Waals surface area contributed by atoms with E-state index in [-0.39, 0.29) is 35.3 Å². The lowest BCUT2D eigenvalue weighted by molar-refractivity contribution is -0.129. The standard InChI is InChI=1S/C23H23Cl2NO3/c1-12-20-19(13-3-6-15(24)7-4-13)17(9-10-23(20,2)22(29)26-12)16-8-5-14(21(27)28)11-18(16)25/h3-8,11-12,17,19-20H,9-10H2,1-2H3,(H,26,29)(H,27,28)/t12-,17+,19+,20+,23-/m1/s1. The van der Waals surface area contributed by atoms with Crippen LogP contribution in [0, 0.1) is 11.3 Å². The van der Waals surface area contributed by atoms with Crippen LogP contribution in [0.5, 0.6) is 0 Å². The lowest BCUT2D eigenvalue weighted by Crippen LogP contribution is -2.42. The minimum atomic E-state index is -0.997. The van der Waals surface area contributed by atoms with E-state index in [1.54, 1.807) is 6.07 Å². The third-order valence-corrected chi connectivity index (χ3v) is 7.43. The molecule has 1 saturated carbocycles. The molecule has 2 N–H and O–H groups in total. The second-order valence-corrected chi connectivity index (χ2v) is 9.31. The Bertz CT molecular complexity index is 975. The number of aromatic carboxylic acids is 1. The molecule has 2 aromatic carbocycles. The van der Waals surface area contributed by atoms with E-state index in [1.165, 1.54) is 6.07 Å². The number of hydrogen-bond acceptors (Lipinski definition) is 2. The molecule has 2 aliphatic rings. The Kier molecular flexibility index (Phi) is 5.12. The minimum Gasteiger partial charge on any atom is -0.478 e. The number of carboxylic acid groups (broad SMARTS) is 1. The summed E-state index contributed by atoms with van der Waals surface area (Å²) >= 11 is 12.7. The maximum Gasteiger partial charge on any atom is 0.335 e. The number of carbonyl (C=O) groups is 2. The SMILES string of the molecule is C[C@H]1NC(=O)[C@]2(C)CC[C@@H](c3ccc(C(=O)O)cc3Cl)[C@H](c3ccc(Cl)cc3)[C@H]12. The highest BCUT2D eigenvalue weighted by molar-refractivity contribution is 6.31. The maximum absolute atomic E-state index is 12.8. The van der Waals surface area contributed by atoms with Crippen LogP contribution < -0.4 is 5.32 Å². The van der Waals surface area contributed by atoms with Crippen molar-refractivity contribution in [1.29, 1.82) is 0 Å². The number of benzene rings is 2. The normalized spacial score (nSPS) is 31.2. The van der Waals surface area contributed by atoms with Crippen LogP contribution in [-0.2, 0) is 4.79 Å². The maximum atomic E-state index is 12.8. The summed E-state index contributed by atoms with van der Waals surface area (Å²) in [5.41, 5.74) is 1.80. The van der Waals surface area contributed by atoms with Crippen LogP contribution in [-0.4, -0.2) is 23.0 Å². The molecule has 2 fully saturated rings. The molecule has 6 heteroatoms. The Morgan fingerprint density at radius 1 is 1.17 bits per heavy atom. The Morgan fingerprint density at radius 2 is 1.86 bits per heavy atom. The van der Waals surface area contributed by atoms with Crippen LogP contribution in [0.2, 0.25) is 10.0 Å². The van der Waals surface area contributed by atoms with Gasteiger partial charge >= 0.3 is 5.97 Å². The molecular formula is C23H23Cl2NO3. The highest BCUT2D eigenvalue weighted by Crippen LogP contribution is 2.59. The smallest absolute Gasteiger partial charge is 0.335 e. The van der Waals surface area contributed by atoms with Crippen molar-refractivity contribution in [2.24, 2.45) is 11.3 Å². The molecule has 5 atom stereocenters. The minimum absolute atomic E-state index is 0.0352. The van der Waals surface area contributed by atoms with Crippen molar-refractivity contribution in [3.05, 3.63) is 69.2 Å². The number of amides is 1. The zero-order chi connectivity index (χ0) is 20.9. The summed E-state index contributed by atoms with van der Waals surface area (Å²) in [6.07, 6.45) is 1.56. The largest absolute Gasteiger partial charge is 0.478 e. The molecule has 4 rings (SSSR count). The van der Waals surface area contributed by atoms with Gasteiger partial charge in [-0.15, -0.1) is 0 Å². The lowest BCUT2D eigenvalue weighted by Gasteiger charge is -2.46. The van der Waals surface area contributed by atoms with Crippen LogP contribution in [0.4, 0.5) is 0 Å². The van der Waals surface area contributed by atoms with Crippen LogP contribution in [0.3, 0.4) is 0 Å². The fourth-order valence-corrected chi connectivity index (χ4v) is 5.92. The highest BCUT2D eigenvalue weighted by atomic mass is 35.5. The van der Waals surface area contributed by atoms with E-state index in [9.17, 15) is 14.7 Å². The third-order valence-electron chi connectivity index (χ3n) is 6.85. The van der Waals surface area contributed by atoms with Gasteiger partial charge in [-0.1, -0.05) is 48.3 Å². The van der Waals surface area contributed by atoms with Gasteiger partial charge in [0.2, 0.25) is 5.91 Å². The second-order valence-electron chi connectivity index (χ2n) is 8.47. The fourth-order valence-electron chi connectivity index (χ4n) is 5.47. The van der Waals surface area contributed by atoms with E-state index >= 15 is 0 Å². The molecule has 1 saturated heterocycles. The number of carboxylic acids is 1. The summed E-state index contributed by atoms with van der Waals surface area (Å²) in [4.78, 5) is 24.1. The second kappa shape index (κ2) is 7.33. The van der Waals surface area contributed by atoms with E-state index in [1.807, 2.05) is 30.3 Å². The summed E-state index contributed by atoms with van der Waals surface area (Å²) in [6, 6.07) is 12.8. The number of hydrogen-bond donors (Lipinski definition) is 2. The first-order chi connectivity index (χ1) is 13.7. The molecule has 1 heterocycles. The fraction of sp³-hybridized carbons (Fsp3) is 0.391. The Morgan fingerprint density at radius 3 is 2.48 bits per heavy atom. The number of fused-ring (bicyclic) bond motifs is 1. The summed E-state index contributed by atoms with van der Waals surface area (Å²) in [7, 11) is 0. The highest BCUT2D eigenvalue weighted by Gasteiger charge is 2.57. The van der Waals surface area contributed by atoms with Crippen LogP contribution in [0.1, 0.15) is 60.0 Å². The topological polar surface area (TPSA) is 66.4 Å². The van der Waals surface area contributed by atoms with E-state index in [2.05, 4.69) is 19.2 Å². The molecule has 152 valence electrons. The van der Waals surface area contributed by atoms with Gasteiger partial charge in [-0.05, 0) is 67.0 Å². The summed E-state index contributed by atoms with van der Waals surface area (Å²) < 4.78 is 0. The van der Waals surface area contributed by atoms with Crippen molar-refractivity contribution in [1.82, 2.24) is 5.32 Å². The zero-order valence-corrected chi connectivity index (χ0v) is 17.8. The van der Waals surface area contributed by atoms with E-state index < -0.39 is 11.4 Å². The van der Waals surface area contributed by atoms with Gasteiger partial charge in [0.15, 0.2) is 0 Å². The molecule has 0 aromatic heterocycles. The zero-order valence-electron chi connectivity index (χ0n) is 16.3. The average molecular weight is 432 g/mol. The molecule has 1 aliphatic heterocycles. The lowest BCUT2D eigenvalue weighted by atomic mass is 9.56. The molecule has 0 radical (unpaired) electrons. The van der Waals surface area contributed by atoms with Crippen LogP contribution in [0.25, 0.3) is 0 Å². The van der Waals surface area contributed by atoms with Gasteiger partial charge < -0.3 is 10.4 Å². The van der Waals surface area contributed by atoms with E-state index in [0.29, 0.717) is 10.0 Å². The van der Waals surface area contributed by atoms with Crippen molar-refractivity contribution in [3.63, 3.8) is 0 Å². The average Bonchev–Trinajstić information content (AvgIpc) is 2.91. The van der Waals surface area contributed by atoms with Crippen molar-refractivity contribution in [2.75, 3.05) is 0 Å². The Balaban J connectivity index is 1.84. The van der Waals surface area contributed by atoms with Crippen LogP contribution >= 0.6 is 23.2 Å². The van der Waals surface area contributed by atoms with Crippen LogP contribution in [0.15, 0.2) is 42.5 Å². The summed E-state index contributed by atoms with van der Waals surface area (Å²) in [6.45, 7) is 4.12. The molecule has 1 aliphatic carbocycles. The number of rotatable bonds is 3. The first kappa shape index (κ1) is 20.2. The summed E-state index contributed by atoms with van der Waals surface area (Å²) in [5, 5.41) is 13.5. The van der Waals surface area contributed by atoms with Crippen molar-refractivity contribution < 1.29 is 14.7 Å². The van der Waals surface area contributed by atoms with Crippen molar-refractivity contribution in [2.45, 2.75) is 44.6 Å². The van der Waals surface area contributed by atoms with Gasteiger partial charge in [0.25, 0.3) is 0 Å². The van der Waals surface area contributed by atoms with Crippen molar-refractivity contribution >= 4 is 35.1 Å². The molecule has 0 spiro atoms. The van der Waals surface area contributed by atoms with E-state index in [0.717, 1.165) is 24.0 Å². The number of carbonyl (C=O) groups excluding carboxylic acids is 1. The van der Waals surface area contributed by atoms with Gasteiger partial charge in [-0.3, -0.25) is 4.79 Å². The Hall–Kier alpha value is -2.04. The third kappa shape index (κ3) is 3.32. The van der Waals surface area contributed by atoms with Gasteiger partial charge in [0.1, 0.15) is 0 Å². The number of nitrogens with one attached hydrogen (secondary N) is 1. The molecule has 29 heavy (non-hydrogen) atoms. The number of halogens is 2. The molecular weight excluding hydrogens is 409 g/mol. The molecule has 2 aromatic rings. The quantitative estimate of drug-likeness (QED) is 0.674. The van der Waals surface area contributed by atoms with Gasteiger partial charge in [0.05, 0.1) is 11.0 Å². The molecule has 0 unspecified atom stereocenters. The molecule has 4 nitrogen and oxygen atoms in total. The van der Waals surface area contributed by atoms with E-state index in [4.69, 9.17) is 23.2 Å². The molecule has 1 amide bonds. The summed E-state index contributed by atoms with van der Waals surface area (Å²) in [5.74, 6) is -0.638. The first-order valence-corrected chi connectivity index (χ1v) is 10.6.